The molecule has 4 rings (SSSR count). The van der Waals surface area contributed by atoms with Gasteiger partial charge in [0.25, 0.3) is 0 Å². The molecule has 2 atom stereocenters. The molecule has 1 saturated carbocycles. The van der Waals surface area contributed by atoms with E-state index in [1.807, 2.05) is 0 Å². The molecule has 0 aromatic carbocycles. The second-order valence-electron chi connectivity index (χ2n) is 8.33. The van der Waals surface area contributed by atoms with Gasteiger partial charge in [-0.25, -0.2) is 4.79 Å². The van der Waals surface area contributed by atoms with Crippen LogP contribution >= 0.6 is 12.3 Å². The summed E-state index contributed by atoms with van der Waals surface area (Å²) in [4.78, 5) is 29.1. The van der Waals surface area contributed by atoms with Gasteiger partial charge in [-0.05, 0) is 44.1 Å². The first-order chi connectivity index (χ1) is 12.5. The van der Waals surface area contributed by atoms with Crippen molar-refractivity contribution in [3.05, 3.63) is 0 Å². The highest BCUT2D eigenvalue weighted by Crippen LogP contribution is 2.48. The van der Waals surface area contributed by atoms with Crippen LogP contribution < -0.4 is 5.32 Å². The summed E-state index contributed by atoms with van der Waals surface area (Å²) in [5, 5.41) is 4.34. The summed E-state index contributed by atoms with van der Waals surface area (Å²) in [6.45, 7) is 6.23. The number of carbonyl (C=O) groups excluding carboxylic acids is 2. The number of hydroxylamine groups is 2. The number of fused-ring (bicyclic) bond motifs is 2. The van der Waals surface area contributed by atoms with Gasteiger partial charge in [0, 0.05) is 25.7 Å². The van der Waals surface area contributed by atoms with E-state index in [0.717, 1.165) is 12.8 Å². The van der Waals surface area contributed by atoms with E-state index in [-0.39, 0.29) is 36.3 Å². The molecular formula is C17H28N4O4S. The molecule has 0 aromatic heterocycles. The standard InChI is InChI=1S/C17H28N4O4S/c1-2-3-6-19-10-17(11-19)7-12(8-17)18-15(22)14-5-4-13-9-20(14)16(23)21(13)25-26-24/h12-14,24H,2-11H2,1H3,(H,18,22)/t13-,14+/m1/s1. The Kier molecular flexibility index (Phi) is 5.06. The SMILES string of the molecule is CCCCN1CC2(CC(NC(=O)[C@@H]3CC[C@@H]4CN3C(=O)N4OSO)C2)C1. The summed E-state index contributed by atoms with van der Waals surface area (Å²) in [7, 11) is 0. The number of urea groups is 1. The van der Waals surface area contributed by atoms with Gasteiger partial charge in [0.1, 0.15) is 6.04 Å². The third kappa shape index (κ3) is 3.19. The van der Waals surface area contributed by atoms with E-state index in [1.165, 1.54) is 37.5 Å². The van der Waals surface area contributed by atoms with Crippen LogP contribution in [0.1, 0.15) is 45.4 Å². The number of unbranched alkanes of at least 4 members (excludes halogenated alkanes) is 1. The van der Waals surface area contributed by atoms with Crippen LogP contribution in [0, 0.1) is 5.41 Å². The van der Waals surface area contributed by atoms with E-state index in [4.69, 9.17) is 8.84 Å². The van der Waals surface area contributed by atoms with Crippen LogP contribution in [0.2, 0.25) is 0 Å². The highest BCUT2D eigenvalue weighted by Gasteiger charge is 2.53. The molecule has 8 nitrogen and oxygen atoms in total. The molecular weight excluding hydrogens is 356 g/mol. The van der Waals surface area contributed by atoms with Crippen molar-refractivity contribution in [1.82, 2.24) is 20.2 Å². The molecule has 0 unspecified atom stereocenters. The van der Waals surface area contributed by atoms with Crippen molar-refractivity contribution in [2.75, 3.05) is 26.2 Å². The lowest BCUT2D eigenvalue weighted by atomic mass is 9.60. The molecule has 9 heteroatoms. The molecule has 1 aliphatic carbocycles. The Balaban J connectivity index is 1.24. The maximum absolute atomic E-state index is 12.7. The van der Waals surface area contributed by atoms with Crippen LogP contribution in [0.25, 0.3) is 0 Å². The Labute approximate surface area is 158 Å². The molecule has 4 fully saturated rings. The molecule has 3 saturated heterocycles. The zero-order valence-electron chi connectivity index (χ0n) is 15.2. The molecule has 26 heavy (non-hydrogen) atoms. The van der Waals surface area contributed by atoms with Gasteiger partial charge in [-0.2, -0.15) is 9.35 Å². The average molecular weight is 385 g/mol. The topological polar surface area (TPSA) is 85.4 Å². The second kappa shape index (κ2) is 7.18. The van der Waals surface area contributed by atoms with Gasteiger partial charge in [0.15, 0.2) is 12.3 Å². The van der Waals surface area contributed by atoms with Crippen molar-refractivity contribution in [2.45, 2.75) is 63.6 Å². The van der Waals surface area contributed by atoms with E-state index in [0.29, 0.717) is 24.8 Å². The summed E-state index contributed by atoms with van der Waals surface area (Å²) >= 11 is 0.172. The Morgan fingerprint density at radius 3 is 2.85 bits per heavy atom. The van der Waals surface area contributed by atoms with Gasteiger partial charge in [-0.1, -0.05) is 13.3 Å². The fourth-order valence-corrected chi connectivity index (χ4v) is 5.38. The quantitative estimate of drug-likeness (QED) is 0.650. The van der Waals surface area contributed by atoms with Gasteiger partial charge >= 0.3 is 6.03 Å². The van der Waals surface area contributed by atoms with Gasteiger partial charge in [0.05, 0.1) is 6.04 Å². The van der Waals surface area contributed by atoms with Crippen molar-refractivity contribution in [3.63, 3.8) is 0 Å². The number of nitrogens with one attached hydrogen (secondary N) is 1. The summed E-state index contributed by atoms with van der Waals surface area (Å²) in [6.07, 6.45) is 5.96. The molecule has 3 aliphatic heterocycles. The van der Waals surface area contributed by atoms with E-state index in [9.17, 15) is 9.59 Å². The lowest BCUT2D eigenvalue weighted by Gasteiger charge is -2.59. The smallest absolute Gasteiger partial charge is 0.346 e. The van der Waals surface area contributed by atoms with Crippen LogP contribution in [-0.2, 0) is 9.08 Å². The highest BCUT2D eigenvalue weighted by molar-refractivity contribution is 7.88. The van der Waals surface area contributed by atoms with Crippen molar-refractivity contribution in [1.29, 1.82) is 0 Å². The van der Waals surface area contributed by atoms with E-state index in [1.54, 1.807) is 4.90 Å². The Hall–Kier alpha value is -1.03. The van der Waals surface area contributed by atoms with E-state index in [2.05, 4.69) is 17.1 Å². The van der Waals surface area contributed by atoms with Crippen LogP contribution in [0.3, 0.4) is 0 Å². The van der Waals surface area contributed by atoms with Gasteiger partial charge < -0.3 is 19.7 Å². The summed E-state index contributed by atoms with van der Waals surface area (Å²) < 4.78 is 13.8. The van der Waals surface area contributed by atoms with Crippen molar-refractivity contribution in [2.24, 2.45) is 5.41 Å². The maximum atomic E-state index is 12.7. The number of hydrogen-bond acceptors (Lipinski definition) is 6. The van der Waals surface area contributed by atoms with Crippen molar-refractivity contribution < 1.29 is 18.4 Å². The number of piperidine rings is 1. The Morgan fingerprint density at radius 1 is 1.38 bits per heavy atom. The Morgan fingerprint density at radius 2 is 2.15 bits per heavy atom. The highest BCUT2D eigenvalue weighted by atomic mass is 32.2. The van der Waals surface area contributed by atoms with Gasteiger partial charge in [-0.3, -0.25) is 4.79 Å². The fourth-order valence-electron chi connectivity index (χ4n) is 5.12. The predicted octanol–water partition coefficient (Wildman–Crippen LogP) is 1.69. The van der Waals surface area contributed by atoms with Crippen LogP contribution in [0.15, 0.2) is 0 Å². The monoisotopic (exact) mass is 384 g/mol. The summed E-state index contributed by atoms with van der Waals surface area (Å²) in [6, 6.07) is -0.589. The number of nitrogens with zero attached hydrogens (tertiary/aromatic N) is 3. The molecule has 0 radical (unpaired) electrons. The van der Waals surface area contributed by atoms with Crippen LogP contribution in [0.4, 0.5) is 4.79 Å². The summed E-state index contributed by atoms with van der Waals surface area (Å²) in [5.41, 5.74) is 0.426. The second-order valence-corrected chi connectivity index (χ2v) is 8.63. The zero-order valence-corrected chi connectivity index (χ0v) is 16.0. The Bertz CT molecular complexity index is 563. The minimum atomic E-state index is -0.421. The van der Waals surface area contributed by atoms with Crippen molar-refractivity contribution >= 4 is 24.3 Å². The number of hydrogen-bond donors (Lipinski definition) is 2. The lowest BCUT2D eigenvalue weighted by molar-refractivity contribution is -0.131. The zero-order chi connectivity index (χ0) is 18.3. The van der Waals surface area contributed by atoms with Crippen LogP contribution in [0.5, 0.6) is 0 Å². The normalized spacial score (nSPS) is 30.5. The predicted molar refractivity (Wildman–Crippen MR) is 97.0 cm³/mol. The van der Waals surface area contributed by atoms with Crippen molar-refractivity contribution in [3.8, 4) is 0 Å². The van der Waals surface area contributed by atoms with Gasteiger partial charge in [-0.15, -0.1) is 0 Å². The molecule has 2 N–H and O–H groups in total. The number of likely N-dealkylation sites (tertiary alicyclic amines) is 1. The molecule has 3 heterocycles. The molecule has 1 spiro atoms. The molecule has 2 bridgehead atoms. The largest absolute Gasteiger partial charge is 0.352 e. The van der Waals surface area contributed by atoms with E-state index < -0.39 is 6.04 Å². The number of carbonyl (C=O) groups is 2. The first kappa shape index (κ1) is 18.3. The number of amides is 3. The third-order valence-electron chi connectivity index (χ3n) is 6.39. The minimum absolute atomic E-state index is 0.0442. The van der Waals surface area contributed by atoms with E-state index >= 15 is 0 Å². The third-order valence-corrected chi connectivity index (χ3v) is 6.62. The molecule has 0 aromatic rings. The summed E-state index contributed by atoms with van der Waals surface area (Å²) in [5.74, 6) is -0.0442. The molecule has 4 aliphatic rings. The number of rotatable bonds is 7. The minimum Gasteiger partial charge on any atom is -0.352 e. The average Bonchev–Trinajstić information content (AvgIpc) is 2.80. The maximum Gasteiger partial charge on any atom is 0.346 e. The first-order valence-corrected chi connectivity index (χ1v) is 10.4. The lowest BCUT2D eigenvalue weighted by Crippen LogP contribution is -2.67. The van der Waals surface area contributed by atoms with Crippen LogP contribution in [-0.4, -0.2) is 75.7 Å². The fraction of sp³-hybridized carbons (Fsp3) is 0.882. The molecule has 3 amide bonds. The molecule has 146 valence electrons. The van der Waals surface area contributed by atoms with Gasteiger partial charge in [0.2, 0.25) is 5.91 Å². The first-order valence-electron chi connectivity index (χ1n) is 9.66.